The lowest BCUT2D eigenvalue weighted by molar-refractivity contribution is 0.0322. The van der Waals surface area contributed by atoms with Gasteiger partial charge in [0, 0.05) is 65.5 Å². The van der Waals surface area contributed by atoms with Crippen molar-refractivity contribution in [2.24, 2.45) is 0 Å². The normalized spacial score (nSPS) is 20.9. The second-order valence-corrected chi connectivity index (χ2v) is 6.87. The van der Waals surface area contributed by atoms with Crippen molar-refractivity contribution in [1.82, 2.24) is 19.8 Å². The summed E-state index contributed by atoms with van der Waals surface area (Å²) in [5.74, 6) is 1.87. The van der Waals surface area contributed by atoms with E-state index < -0.39 is 0 Å². The number of nitrogens with one attached hydrogen (secondary N) is 1. The molecular formula is C17H30N6O. The summed E-state index contributed by atoms with van der Waals surface area (Å²) >= 11 is 0. The fourth-order valence-corrected chi connectivity index (χ4v) is 3.29. The highest BCUT2D eigenvalue weighted by Gasteiger charge is 2.20. The molecule has 2 aliphatic heterocycles. The molecule has 0 unspecified atom stereocenters. The minimum atomic E-state index is 0.509. The van der Waals surface area contributed by atoms with E-state index in [4.69, 9.17) is 4.74 Å². The number of hydrogen-bond donors (Lipinski definition) is 1. The predicted octanol–water partition coefficient (Wildman–Crippen LogP) is 0.751. The minimum Gasteiger partial charge on any atom is -0.379 e. The summed E-state index contributed by atoms with van der Waals surface area (Å²) in [4.78, 5) is 15.7. The van der Waals surface area contributed by atoms with Gasteiger partial charge in [0.2, 0.25) is 0 Å². The number of rotatable bonds is 6. The lowest BCUT2D eigenvalue weighted by atomic mass is 10.1. The Morgan fingerprint density at radius 1 is 1.08 bits per heavy atom. The number of aromatic nitrogens is 2. The first-order chi connectivity index (χ1) is 11.7. The molecule has 2 aliphatic rings. The van der Waals surface area contributed by atoms with Gasteiger partial charge in [-0.15, -0.1) is 0 Å². The van der Waals surface area contributed by atoms with Gasteiger partial charge in [-0.25, -0.2) is 9.97 Å². The summed E-state index contributed by atoms with van der Waals surface area (Å²) in [5, 5.41) is 3.57. The molecule has 134 valence electrons. The fourth-order valence-electron chi connectivity index (χ4n) is 3.29. The zero-order chi connectivity index (χ0) is 16.8. The first-order valence-electron chi connectivity index (χ1n) is 8.99. The molecule has 0 saturated carbocycles. The van der Waals surface area contributed by atoms with E-state index in [0.29, 0.717) is 6.04 Å². The van der Waals surface area contributed by atoms with E-state index in [-0.39, 0.29) is 0 Å². The molecule has 1 N–H and O–H groups in total. The van der Waals surface area contributed by atoms with Crippen LogP contribution < -0.4 is 10.2 Å². The molecule has 0 bridgehead atoms. The molecule has 0 aliphatic carbocycles. The lowest BCUT2D eigenvalue weighted by Gasteiger charge is -2.34. The van der Waals surface area contributed by atoms with Crippen molar-refractivity contribution in [1.29, 1.82) is 0 Å². The van der Waals surface area contributed by atoms with Gasteiger partial charge in [0.05, 0.1) is 13.2 Å². The molecule has 24 heavy (non-hydrogen) atoms. The van der Waals surface area contributed by atoms with Crippen LogP contribution in [0.3, 0.4) is 0 Å². The van der Waals surface area contributed by atoms with Gasteiger partial charge in [0.25, 0.3) is 0 Å². The van der Waals surface area contributed by atoms with Gasteiger partial charge in [0.1, 0.15) is 18.0 Å². The van der Waals surface area contributed by atoms with E-state index in [0.717, 1.165) is 51.0 Å². The Labute approximate surface area is 145 Å². The Kier molecular flexibility index (Phi) is 6.23. The SMILES string of the molecule is CN(C)c1cc(NC2CCN(CCN3CCOCC3)CC2)ncn1. The van der Waals surface area contributed by atoms with Crippen molar-refractivity contribution in [3.8, 4) is 0 Å². The second-order valence-electron chi connectivity index (χ2n) is 6.87. The first-order valence-corrected chi connectivity index (χ1v) is 8.99. The van der Waals surface area contributed by atoms with Gasteiger partial charge in [-0.2, -0.15) is 0 Å². The molecular weight excluding hydrogens is 304 g/mol. The Morgan fingerprint density at radius 2 is 1.75 bits per heavy atom. The molecule has 0 aromatic carbocycles. The third-order valence-electron chi connectivity index (χ3n) is 4.89. The zero-order valence-corrected chi connectivity index (χ0v) is 14.9. The third kappa shape index (κ3) is 5.03. The highest BCUT2D eigenvalue weighted by molar-refractivity contribution is 5.47. The summed E-state index contributed by atoms with van der Waals surface area (Å²) in [6.07, 6.45) is 3.98. The Hall–Kier alpha value is -1.44. The van der Waals surface area contributed by atoms with E-state index >= 15 is 0 Å². The number of hydrogen-bond acceptors (Lipinski definition) is 7. The van der Waals surface area contributed by atoms with Crippen LogP contribution in [0.1, 0.15) is 12.8 Å². The topological polar surface area (TPSA) is 56.8 Å². The molecule has 2 fully saturated rings. The molecule has 0 spiro atoms. The van der Waals surface area contributed by atoms with Gasteiger partial charge in [-0.3, -0.25) is 4.90 Å². The Bertz CT molecular complexity index is 498. The number of ether oxygens (including phenoxy) is 1. The van der Waals surface area contributed by atoms with Crippen molar-refractivity contribution in [3.05, 3.63) is 12.4 Å². The van der Waals surface area contributed by atoms with Crippen LogP contribution in [0.15, 0.2) is 12.4 Å². The van der Waals surface area contributed by atoms with Crippen molar-refractivity contribution in [2.45, 2.75) is 18.9 Å². The summed E-state index contributed by atoms with van der Waals surface area (Å²) in [6, 6.07) is 2.53. The third-order valence-corrected chi connectivity index (χ3v) is 4.89. The molecule has 7 heteroatoms. The smallest absolute Gasteiger partial charge is 0.133 e. The maximum Gasteiger partial charge on any atom is 0.133 e. The lowest BCUT2D eigenvalue weighted by Crippen LogP contribution is -2.45. The molecule has 1 aromatic rings. The van der Waals surface area contributed by atoms with Crippen LogP contribution in [0.25, 0.3) is 0 Å². The van der Waals surface area contributed by atoms with Gasteiger partial charge in [-0.1, -0.05) is 0 Å². The molecule has 0 radical (unpaired) electrons. The molecule has 1 aromatic heterocycles. The maximum atomic E-state index is 5.41. The summed E-state index contributed by atoms with van der Waals surface area (Å²) in [7, 11) is 4.00. The molecule has 2 saturated heterocycles. The quantitative estimate of drug-likeness (QED) is 0.824. The Morgan fingerprint density at radius 3 is 2.42 bits per heavy atom. The van der Waals surface area contributed by atoms with Gasteiger partial charge in [-0.05, 0) is 12.8 Å². The number of nitrogens with zero attached hydrogens (tertiary/aromatic N) is 5. The van der Waals surface area contributed by atoms with Crippen molar-refractivity contribution in [3.63, 3.8) is 0 Å². The van der Waals surface area contributed by atoms with Crippen LogP contribution in [0.2, 0.25) is 0 Å². The van der Waals surface area contributed by atoms with Crippen LogP contribution in [0.5, 0.6) is 0 Å². The van der Waals surface area contributed by atoms with Gasteiger partial charge < -0.3 is 19.9 Å². The Balaban J connectivity index is 1.39. The second kappa shape index (κ2) is 8.60. The van der Waals surface area contributed by atoms with Crippen LogP contribution >= 0.6 is 0 Å². The number of likely N-dealkylation sites (tertiary alicyclic amines) is 1. The fraction of sp³-hybridized carbons (Fsp3) is 0.765. The summed E-state index contributed by atoms with van der Waals surface area (Å²) in [5.41, 5.74) is 0. The number of piperidine rings is 1. The van der Waals surface area contributed by atoms with Gasteiger partial charge >= 0.3 is 0 Å². The van der Waals surface area contributed by atoms with Crippen molar-refractivity contribution in [2.75, 3.05) is 76.8 Å². The zero-order valence-electron chi connectivity index (χ0n) is 14.9. The number of morpholine rings is 1. The predicted molar refractivity (Wildman–Crippen MR) is 96.7 cm³/mol. The average Bonchev–Trinajstić information content (AvgIpc) is 2.62. The van der Waals surface area contributed by atoms with Crippen molar-refractivity contribution >= 4 is 11.6 Å². The summed E-state index contributed by atoms with van der Waals surface area (Å²) in [6.45, 7) is 8.60. The standard InChI is InChI=1S/C17H30N6O/c1-21(2)17-13-16(18-14-19-17)20-15-3-5-22(6-4-15)7-8-23-9-11-24-12-10-23/h13-15H,3-12H2,1-2H3,(H,18,19,20). The highest BCUT2D eigenvalue weighted by Crippen LogP contribution is 2.17. The number of anilines is 2. The van der Waals surface area contributed by atoms with Gasteiger partial charge in [0.15, 0.2) is 0 Å². The average molecular weight is 334 g/mol. The molecule has 3 rings (SSSR count). The molecule has 7 nitrogen and oxygen atoms in total. The van der Waals surface area contributed by atoms with E-state index in [2.05, 4.69) is 25.1 Å². The van der Waals surface area contributed by atoms with E-state index in [1.54, 1.807) is 6.33 Å². The molecule has 3 heterocycles. The minimum absolute atomic E-state index is 0.509. The van der Waals surface area contributed by atoms with E-state index in [1.165, 1.54) is 25.9 Å². The maximum absolute atomic E-state index is 5.41. The van der Waals surface area contributed by atoms with E-state index in [1.807, 2.05) is 25.1 Å². The van der Waals surface area contributed by atoms with Crippen LogP contribution in [0.4, 0.5) is 11.6 Å². The largest absolute Gasteiger partial charge is 0.379 e. The van der Waals surface area contributed by atoms with Crippen molar-refractivity contribution < 1.29 is 4.74 Å². The first kappa shape index (κ1) is 17.4. The van der Waals surface area contributed by atoms with Crippen LogP contribution in [-0.2, 0) is 4.74 Å². The monoisotopic (exact) mass is 334 g/mol. The van der Waals surface area contributed by atoms with E-state index in [9.17, 15) is 0 Å². The summed E-state index contributed by atoms with van der Waals surface area (Å²) < 4.78 is 5.41. The van der Waals surface area contributed by atoms with Crippen LogP contribution in [-0.4, -0.2) is 92.4 Å². The molecule has 0 atom stereocenters. The van der Waals surface area contributed by atoms with Crippen LogP contribution in [0, 0.1) is 0 Å². The highest BCUT2D eigenvalue weighted by atomic mass is 16.5. The molecule has 0 amide bonds.